The second-order valence-electron chi connectivity index (χ2n) is 8.80. The van der Waals surface area contributed by atoms with Gasteiger partial charge in [-0.25, -0.2) is 0 Å². The molecule has 0 bridgehead atoms. The number of ketones is 2. The summed E-state index contributed by atoms with van der Waals surface area (Å²) in [4.78, 5) is 32.2. The van der Waals surface area contributed by atoms with Crippen molar-refractivity contribution in [3.05, 3.63) is 63.7 Å². The number of nitrogens with one attached hydrogen (secondary N) is 1. The highest BCUT2D eigenvalue weighted by molar-refractivity contribution is 6.46. The summed E-state index contributed by atoms with van der Waals surface area (Å²) in [5.74, 6) is 0.112. The molecule has 2 aromatic rings. The van der Waals surface area contributed by atoms with Crippen LogP contribution in [0.1, 0.15) is 64.9 Å². The number of piperazine rings is 1. The van der Waals surface area contributed by atoms with Gasteiger partial charge in [0.15, 0.2) is 11.6 Å². The van der Waals surface area contributed by atoms with Gasteiger partial charge in [-0.15, -0.1) is 0 Å². The monoisotopic (exact) mass is 447 g/mol. The smallest absolute Gasteiger partial charge is 0.181 e. The molecule has 0 unspecified atom stereocenters. The highest BCUT2D eigenvalue weighted by atomic mass is 16.1. The standard InChI is InChI=1S/C28H37N3O2/c1-6-21-17-23(31-14-12-30-13-15-31)10-8-22(21)9-11-27(33)24-18-25(20(4)16-19(24)3)28(29-5)26(32)7-2/h8,10,16-18,30H,6-7,9,11-15H2,1-5H3. The molecule has 1 fully saturated rings. The fourth-order valence-electron chi connectivity index (χ4n) is 4.66. The molecule has 5 nitrogen and oxygen atoms in total. The molecule has 0 amide bonds. The molecule has 1 saturated heterocycles. The molecule has 2 aromatic carbocycles. The van der Waals surface area contributed by atoms with Crippen LogP contribution in [-0.4, -0.2) is 50.5 Å². The van der Waals surface area contributed by atoms with E-state index in [1.165, 1.54) is 16.8 Å². The van der Waals surface area contributed by atoms with Gasteiger partial charge in [-0.2, -0.15) is 0 Å². The SMILES string of the molecule is CCC(=O)C(=NC)c1cc(C(=O)CCc2ccc(N3CCNCC3)cc2CC)c(C)cc1C. The van der Waals surface area contributed by atoms with Crippen LogP contribution in [0.4, 0.5) is 5.69 Å². The van der Waals surface area contributed by atoms with Crippen LogP contribution in [-0.2, 0) is 17.6 Å². The number of rotatable bonds is 9. The van der Waals surface area contributed by atoms with E-state index in [1.54, 1.807) is 7.05 Å². The first kappa shape index (κ1) is 24.8. The molecule has 1 heterocycles. The van der Waals surface area contributed by atoms with E-state index in [4.69, 9.17) is 0 Å². The summed E-state index contributed by atoms with van der Waals surface area (Å²) in [6.45, 7) is 12.0. The third-order valence-electron chi connectivity index (χ3n) is 6.61. The van der Waals surface area contributed by atoms with Gasteiger partial charge in [0.1, 0.15) is 5.71 Å². The topological polar surface area (TPSA) is 61.8 Å². The van der Waals surface area contributed by atoms with Crippen LogP contribution in [0.25, 0.3) is 0 Å². The molecule has 0 spiro atoms. The van der Waals surface area contributed by atoms with Crippen molar-refractivity contribution in [2.45, 2.75) is 53.4 Å². The molecule has 1 aliphatic heterocycles. The number of hydrogen-bond donors (Lipinski definition) is 1. The van der Waals surface area contributed by atoms with Crippen molar-refractivity contribution >= 4 is 23.0 Å². The Hall–Kier alpha value is -2.79. The first-order valence-electron chi connectivity index (χ1n) is 12.1. The summed E-state index contributed by atoms with van der Waals surface area (Å²) in [6.07, 6.45) is 2.51. The quantitative estimate of drug-likeness (QED) is 0.454. The molecule has 0 saturated carbocycles. The molecular formula is C28H37N3O2. The molecule has 176 valence electrons. The Labute approximate surface area is 198 Å². The Balaban J connectivity index is 1.79. The fourth-order valence-corrected chi connectivity index (χ4v) is 4.66. The van der Waals surface area contributed by atoms with Crippen molar-refractivity contribution in [3.8, 4) is 0 Å². The molecule has 5 heteroatoms. The van der Waals surface area contributed by atoms with E-state index >= 15 is 0 Å². The van der Waals surface area contributed by atoms with Crippen LogP contribution in [0.2, 0.25) is 0 Å². The zero-order valence-electron chi connectivity index (χ0n) is 20.8. The van der Waals surface area contributed by atoms with E-state index in [-0.39, 0.29) is 11.6 Å². The lowest BCUT2D eigenvalue weighted by Crippen LogP contribution is -2.43. The van der Waals surface area contributed by atoms with E-state index in [2.05, 4.69) is 40.3 Å². The van der Waals surface area contributed by atoms with E-state index in [9.17, 15) is 9.59 Å². The summed E-state index contributed by atoms with van der Waals surface area (Å²) in [5.41, 5.74) is 7.67. The first-order valence-corrected chi connectivity index (χ1v) is 12.1. The fraction of sp³-hybridized carbons (Fsp3) is 0.464. The summed E-state index contributed by atoms with van der Waals surface area (Å²) in [7, 11) is 1.64. The Bertz CT molecular complexity index is 1050. The van der Waals surface area contributed by atoms with Gasteiger partial charge in [-0.1, -0.05) is 26.0 Å². The van der Waals surface area contributed by atoms with Gasteiger partial charge in [0.05, 0.1) is 0 Å². The minimum Gasteiger partial charge on any atom is -0.369 e. The average molecular weight is 448 g/mol. The van der Waals surface area contributed by atoms with Crippen molar-refractivity contribution in [1.29, 1.82) is 0 Å². The number of carbonyl (C=O) groups excluding carboxylic acids is 2. The third-order valence-corrected chi connectivity index (χ3v) is 6.61. The van der Waals surface area contributed by atoms with Crippen LogP contribution >= 0.6 is 0 Å². The number of aliphatic imine (C=N–C) groups is 1. The number of nitrogens with zero attached hydrogens (tertiary/aromatic N) is 2. The molecular weight excluding hydrogens is 410 g/mol. The third kappa shape index (κ3) is 5.77. The van der Waals surface area contributed by atoms with E-state index in [1.807, 2.05) is 32.9 Å². The summed E-state index contributed by atoms with van der Waals surface area (Å²) < 4.78 is 0. The van der Waals surface area contributed by atoms with E-state index in [0.717, 1.165) is 55.7 Å². The second kappa shape index (κ2) is 11.4. The molecule has 3 rings (SSSR count). The van der Waals surface area contributed by atoms with Crippen molar-refractivity contribution in [2.24, 2.45) is 4.99 Å². The Morgan fingerprint density at radius 3 is 2.30 bits per heavy atom. The van der Waals surface area contributed by atoms with Gasteiger partial charge in [0.25, 0.3) is 0 Å². The molecule has 1 N–H and O–H groups in total. The molecule has 0 aliphatic carbocycles. The summed E-state index contributed by atoms with van der Waals surface area (Å²) in [5, 5.41) is 3.40. The van der Waals surface area contributed by atoms with Crippen molar-refractivity contribution < 1.29 is 9.59 Å². The number of hydrogen-bond acceptors (Lipinski definition) is 5. The number of anilines is 1. The Morgan fingerprint density at radius 1 is 0.970 bits per heavy atom. The molecule has 0 radical (unpaired) electrons. The second-order valence-corrected chi connectivity index (χ2v) is 8.80. The van der Waals surface area contributed by atoms with Crippen LogP contribution in [0, 0.1) is 13.8 Å². The van der Waals surface area contributed by atoms with Gasteiger partial charge in [0, 0.05) is 62.9 Å². The Morgan fingerprint density at radius 2 is 1.67 bits per heavy atom. The highest BCUT2D eigenvalue weighted by Crippen LogP contribution is 2.24. The molecule has 0 aromatic heterocycles. The highest BCUT2D eigenvalue weighted by Gasteiger charge is 2.19. The lowest BCUT2D eigenvalue weighted by molar-refractivity contribution is -0.112. The number of benzene rings is 2. The lowest BCUT2D eigenvalue weighted by Gasteiger charge is -2.30. The minimum absolute atomic E-state index is 0.0000149. The van der Waals surface area contributed by atoms with Gasteiger partial charge < -0.3 is 10.2 Å². The maximum absolute atomic E-state index is 13.2. The zero-order chi connectivity index (χ0) is 24.0. The molecule has 33 heavy (non-hydrogen) atoms. The van der Waals surface area contributed by atoms with Crippen LogP contribution < -0.4 is 10.2 Å². The first-order chi connectivity index (χ1) is 15.9. The zero-order valence-corrected chi connectivity index (χ0v) is 20.8. The molecule has 0 atom stereocenters. The molecule has 1 aliphatic rings. The van der Waals surface area contributed by atoms with E-state index in [0.29, 0.717) is 24.1 Å². The average Bonchev–Trinajstić information content (AvgIpc) is 2.84. The van der Waals surface area contributed by atoms with Crippen LogP contribution in [0.15, 0.2) is 35.3 Å². The maximum Gasteiger partial charge on any atom is 0.181 e. The van der Waals surface area contributed by atoms with Gasteiger partial charge >= 0.3 is 0 Å². The number of Topliss-reactive ketones (excluding diaryl/α,β-unsaturated/α-hetero) is 2. The lowest BCUT2D eigenvalue weighted by atomic mass is 9.90. The number of aryl methyl sites for hydroxylation is 4. The van der Waals surface area contributed by atoms with Crippen molar-refractivity contribution in [2.75, 3.05) is 38.1 Å². The van der Waals surface area contributed by atoms with E-state index < -0.39 is 0 Å². The van der Waals surface area contributed by atoms with Crippen LogP contribution in [0.3, 0.4) is 0 Å². The number of carbonyl (C=O) groups is 2. The van der Waals surface area contributed by atoms with Gasteiger partial charge in [0.2, 0.25) is 0 Å². The van der Waals surface area contributed by atoms with Crippen LogP contribution in [0.5, 0.6) is 0 Å². The Kier molecular flexibility index (Phi) is 8.56. The normalized spacial score (nSPS) is 14.5. The largest absolute Gasteiger partial charge is 0.369 e. The predicted molar refractivity (Wildman–Crippen MR) is 137 cm³/mol. The maximum atomic E-state index is 13.2. The van der Waals surface area contributed by atoms with Crippen molar-refractivity contribution in [1.82, 2.24) is 5.32 Å². The van der Waals surface area contributed by atoms with Gasteiger partial charge in [-0.3, -0.25) is 14.6 Å². The van der Waals surface area contributed by atoms with Gasteiger partial charge in [-0.05, 0) is 67.1 Å². The summed E-state index contributed by atoms with van der Waals surface area (Å²) in [6, 6.07) is 10.5. The summed E-state index contributed by atoms with van der Waals surface area (Å²) >= 11 is 0. The van der Waals surface area contributed by atoms with Crippen molar-refractivity contribution in [3.63, 3.8) is 0 Å². The minimum atomic E-state index is 0.0000149. The predicted octanol–water partition coefficient (Wildman–Crippen LogP) is 4.49.